The summed E-state index contributed by atoms with van der Waals surface area (Å²) in [6.07, 6.45) is 4.93. The molecular formula is C10H11ClF2N2. The molecule has 15 heavy (non-hydrogen) atoms. The van der Waals surface area contributed by atoms with Crippen LogP contribution in [0.1, 0.15) is 13.3 Å². The summed E-state index contributed by atoms with van der Waals surface area (Å²) in [5.41, 5.74) is 1.39. The van der Waals surface area contributed by atoms with Gasteiger partial charge < -0.3 is 10.7 Å². The maximum Gasteiger partial charge on any atom is 0.312 e. The Labute approximate surface area is 91.8 Å². The lowest BCUT2D eigenvalue weighted by atomic mass is 9.99. The van der Waals surface area contributed by atoms with Gasteiger partial charge in [0.1, 0.15) is 0 Å². The van der Waals surface area contributed by atoms with Crippen LogP contribution in [0.15, 0.2) is 34.5 Å². The van der Waals surface area contributed by atoms with E-state index >= 15 is 0 Å². The summed E-state index contributed by atoms with van der Waals surface area (Å²) in [5, 5.41) is 9.88. The molecular weight excluding hydrogens is 222 g/mol. The van der Waals surface area contributed by atoms with Crippen molar-refractivity contribution < 1.29 is 8.78 Å². The second-order valence-electron chi connectivity index (χ2n) is 3.00. The van der Waals surface area contributed by atoms with Gasteiger partial charge in [-0.15, -0.1) is 0 Å². The zero-order chi connectivity index (χ0) is 11.4. The first-order chi connectivity index (χ1) is 7.04. The quantitative estimate of drug-likeness (QED) is 0.721. The number of alkyl halides is 2. The van der Waals surface area contributed by atoms with E-state index in [4.69, 9.17) is 17.0 Å². The predicted molar refractivity (Wildman–Crippen MR) is 57.3 cm³/mol. The van der Waals surface area contributed by atoms with E-state index < -0.39 is 6.55 Å². The maximum atomic E-state index is 11.9. The van der Waals surface area contributed by atoms with Crippen molar-refractivity contribution in [3.63, 3.8) is 0 Å². The van der Waals surface area contributed by atoms with E-state index in [2.05, 4.69) is 0 Å². The second-order valence-corrected chi connectivity index (χ2v) is 3.40. The average Bonchev–Trinajstić information content (AvgIpc) is 2.16. The van der Waals surface area contributed by atoms with E-state index in [0.717, 1.165) is 11.8 Å². The van der Waals surface area contributed by atoms with Gasteiger partial charge in [-0.25, -0.2) is 0 Å². The molecule has 2 nitrogen and oxygen atoms in total. The smallest absolute Gasteiger partial charge is 0.312 e. The molecule has 1 aliphatic carbocycles. The van der Waals surface area contributed by atoms with E-state index in [1.165, 1.54) is 6.08 Å². The zero-order valence-electron chi connectivity index (χ0n) is 8.15. The van der Waals surface area contributed by atoms with Crippen LogP contribution in [0.5, 0.6) is 0 Å². The van der Waals surface area contributed by atoms with E-state index in [1.54, 1.807) is 6.08 Å². The summed E-state index contributed by atoms with van der Waals surface area (Å²) < 4.78 is 23.8. The van der Waals surface area contributed by atoms with Crippen LogP contribution in [0.25, 0.3) is 0 Å². The Balaban J connectivity index is 2.88. The van der Waals surface area contributed by atoms with Gasteiger partial charge in [0.25, 0.3) is 0 Å². The van der Waals surface area contributed by atoms with Crippen molar-refractivity contribution in [2.75, 3.05) is 0 Å². The normalized spacial score (nSPS) is 19.3. The molecule has 0 aromatic rings. The van der Waals surface area contributed by atoms with Crippen molar-refractivity contribution in [2.45, 2.75) is 19.9 Å². The van der Waals surface area contributed by atoms with Crippen molar-refractivity contribution in [1.29, 1.82) is 5.41 Å². The molecule has 2 N–H and O–H groups in total. The fourth-order valence-corrected chi connectivity index (χ4v) is 1.48. The molecule has 0 saturated carbocycles. The molecule has 0 atom stereocenters. The highest BCUT2D eigenvalue weighted by molar-refractivity contribution is 6.35. The minimum atomic E-state index is -2.62. The molecule has 0 spiro atoms. The van der Waals surface area contributed by atoms with Gasteiger partial charge >= 0.3 is 6.55 Å². The summed E-state index contributed by atoms with van der Waals surface area (Å²) in [6.45, 7) is -0.708. The molecule has 0 bridgehead atoms. The molecule has 82 valence electrons. The molecule has 0 radical (unpaired) electrons. The van der Waals surface area contributed by atoms with Crippen LogP contribution < -0.4 is 5.32 Å². The summed E-state index contributed by atoms with van der Waals surface area (Å²) >= 11 is 5.86. The van der Waals surface area contributed by atoms with E-state index in [-0.39, 0.29) is 5.71 Å². The van der Waals surface area contributed by atoms with Gasteiger partial charge in [0.05, 0.1) is 5.71 Å². The van der Waals surface area contributed by atoms with Crippen LogP contribution in [0.2, 0.25) is 0 Å². The maximum absolute atomic E-state index is 11.9. The monoisotopic (exact) mass is 232 g/mol. The first-order valence-electron chi connectivity index (χ1n) is 4.46. The highest BCUT2D eigenvalue weighted by atomic mass is 35.5. The van der Waals surface area contributed by atoms with Crippen LogP contribution >= 0.6 is 11.6 Å². The van der Waals surface area contributed by atoms with Crippen molar-refractivity contribution in [1.82, 2.24) is 5.32 Å². The van der Waals surface area contributed by atoms with Crippen LogP contribution in [-0.2, 0) is 0 Å². The van der Waals surface area contributed by atoms with Gasteiger partial charge in [-0.1, -0.05) is 18.5 Å². The van der Waals surface area contributed by atoms with Crippen LogP contribution in [0.3, 0.4) is 0 Å². The van der Waals surface area contributed by atoms with Crippen LogP contribution in [0.4, 0.5) is 8.78 Å². The standard InChI is InChI=1S/C10H11ClF2N2/c1-2-6-3-7(5-15-10(12)13)9(14)4-8(6)11/h3-5,10,14-15H,2H2,1H3/b7-5-,14-9?. The largest absolute Gasteiger partial charge is 0.336 e. The number of hydrogen-bond acceptors (Lipinski definition) is 2. The summed E-state index contributed by atoms with van der Waals surface area (Å²) in [4.78, 5) is 0. The third kappa shape index (κ3) is 3.16. The Bertz CT molecular complexity index is 356. The summed E-state index contributed by atoms with van der Waals surface area (Å²) in [7, 11) is 0. The number of nitrogens with one attached hydrogen (secondary N) is 2. The van der Waals surface area contributed by atoms with Gasteiger partial charge in [-0.05, 0) is 24.1 Å². The fraction of sp³-hybridized carbons (Fsp3) is 0.300. The Kier molecular flexibility index (Phi) is 4.03. The molecule has 0 unspecified atom stereocenters. The van der Waals surface area contributed by atoms with Gasteiger partial charge in [0.15, 0.2) is 0 Å². The lowest BCUT2D eigenvalue weighted by molar-refractivity contribution is 0.125. The van der Waals surface area contributed by atoms with Crippen molar-refractivity contribution >= 4 is 17.3 Å². The van der Waals surface area contributed by atoms with Gasteiger partial charge in [0.2, 0.25) is 0 Å². The molecule has 0 saturated heterocycles. The third-order valence-corrected chi connectivity index (χ3v) is 2.32. The molecule has 0 aliphatic heterocycles. The lowest BCUT2D eigenvalue weighted by Crippen LogP contribution is -2.15. The van der Waals surface area contributed by atoms with E-state index in [0.29, 0.717) is 17.0 Å². The van der Waals surface area contributed by atoms with E-state index in [1.807, 2.05) is 12.2 Å². The van der Waals surface area contributed by atoms with Crippen molar-refractivity contribution in [2.24, 2.45) is 0 Å². The fourth-order valence-electron chi connectivity index (χ4n) is 1.18. The molecule has 0 aromatic carbocycles. The number of allylic oxidation sites excluding steroid dienone is 5. The van der Waals surface area contributed by atoms with Crippen LogP contribution in [-0.4, -0.2) is 12.3 Å². The second kappa shape index (κ2) is 5.07. The summed E-state index contributed by atoms with van der Waals surface area (Å²) in [5.74, 6) is 0. The number of hydrogen-bond donors (Lipinski definition) is 2. The SMILES string of the molecule is CCC1=C/C(=C/NC(F)F)C(=N)C=C1Cl. The van der Waals surface area contributed by atoms with Crippen molar-refractivity contribution in [3.05, 3.63) is 34.5 Å². The minimum Gasteiger partial charge on any atom is -0.336 e. The Morgan fingerprint density at radius 1 is 1.53 bits per heavy atom. The average molecular weight is 233 g/mol. The molecule has 0 amide bonds. The molecule has 0 heterocycles. The van der Waals surface area contributed by atoms with Gasteiger partial charge in [-0.2, -0.15) is 8.78 Å². The molecule has 5 heteroatoms. The predicted octanol–water partition coefficient (Wildman–Crippen LogP) is 3.17. The molecule has 1 rings (SSSR count). The van der Waals surface area contributed by atoms with Crippen molar-refractivity contribution in [3.8, 4) is 0 Å². The van der Waals surface area contributed by atoms with Crippen LogP contribution in [0, 0.1) is 5.41 Å². The third-order valence-electron chi connectivity index (χ3n) is 1.96. The topological polar surface area (TPSA) is 35.9 Å². The molecule has 0 fully saturated rings. The Morgan fingerprint density at radius 2 is 2.20 bits per heavy atom. The highest BCUT2D eigenvalue weighted by Gasteiger charge is 2.12. The van der Waals surface area contributed by atoms with Gasteiger partial charge in [-0.3, -0.25) is 0 Å². The number of halogens is 3. The Morgan fingerprint density at radius 3 is 2.73 bits per heavy atom. The first kappa shape index (κ1) is 11.9. The lowest BCUT2D eigenvalue weighted by Gasteiger charge is -2.12. The zero-order valence-corrected chi connectivity index (χ0v) is 8.91. The first-order valence-corrected chi connectivity index (χ1v) is 4.83. The molecule has 1 aliphatic rings. The summed E-state index contributed by atoms with van der Waals surface area (Å²) in [6, 6.07) is 0. The minimum absolute atomic E-state index is 0.130. The molecule has 0 aromatic heterocycles. The number of rotatable bonds is 3. The Hall–Kier alpha value is -1.16. The van der Waals surface area contributed by atoms with Gasteiger partial charge in [0, 0.05) is 16.8 Å². The highest BCUT2D eigenvalue weighted by Crippen LogP contribution is 2.25. The van der Waals surface area contributed by atoms with E-state index in [9.17, 15) is 8.78 Å².